The highest BCUT2D eigenvalue weighted by Gasteiger charge is 2.31. The van der Waals surface area contributed by atoms with Crippen molar-refractivity contribution in [3.05, 3.63) is 10.6 Å². The molecular formula is C10H11Cl3N2OS. The first-order valence-corrected chi connectivity index (χ1v) is 7.18. The second-order valence-corrected chi connectivity index (χ2v) is 7.55. The summed E-state index contributed by atoms with van der Waals surface area (Å²) in [7, 11) is 0. The van der Waals surface area contributed by atoms with E-state index in [0.29, 0.717) is 11.0 Å². The maximum absolute atomic E-state index is 11.5. The Bertz CT molecular complexity index is 441. The second kappa shape index (κ2) is 4.92. The molecule has 0 radical (unpaired) electrons. The molecule has 1 heterocycles. The summed E-state index contributed by atoms with van der Waals surface area (Å²) in [6, 6.07) is 0. The molecule has 0 saturated carbocycles. The fraction of sp³-hybridized carbons (Fsp3) is 0.600. The van der Waals surface area contributed by atoms with Crippen molar-refractivity contribution in [2.75, 3.05) is 5.32 Å². The minimum atomic E-state index is -1.94. The van der Waals surface area contributed by atoms with E-state index < -0.39 is 9.70 Å². The largest absolute Gasteiger partial charge is 0.298 e. The van der Waals surface area contributed by atoms with Gasteiger partial charge in [0.2, 0.25) is 0 Å². The number of aromatic nitrogens is 1. The summed E-state index contributed by atoms with van der Waals surface area (Å²) < 4.78 is -1.94. The van der Waals surface area contributed by atoms with Crippen LogP contribution in [0.5, 0.6) is 0 Å². The lowest BCUT2D eigenvalue weighted by molar-refractivity contribution is -0.115. The maximum Gasteiger partial charge on any atom is 0.278 e. The van der Waals surface area contributed by atoms with Crippen molar-refractivity contribution < 1.29 is 4.79 Å². The molecule has 7 heteroatoms. The van der Waals surface area contributed by atoms with Crippen LogP contribution in [0.25, 0.3) is 0 Å². The van der Waals surface area contributed by atoms with Crippen molar-refractivity contribution in [3.63, 3.8) is 0 Å². The molecule has 0 aliphatic heterocycles. The van der Waals surface area contributed by atoms with E-state index >= 15 is 0 Å². The Morgan fingerprint density at radius 2 is 2.24 bits per heavy atom. The van der Waals surface area contributed by atoms with Crippen molar-refractivity contribution in [1.29, 1.82) is 0 Å². The molecule has 0 saturated heterocycles. The van der Waals surface area contributed by atoms with Gasteiger partial charge >= 0.3 is 0 Å². The molecule has 94 valence electrons. The summed E-state index contributed by atoms with van der Waals surface area (Å²) in [6.45, 7) is 2.21. The van der Waals surface area contributed by atoms with Gasteiger partial charge in [0.15, 0.2) is 5.13 Å². The Kier molecular flexibility index (Phi) is 3.88. The predicted octanol–water partition coefficient (Wildman–Crippen LogP) is 3.58. The van der Waals surface area contributed by atoms with Crippen LogP contribution in [-0.4, -0.2) is 14.7 Å². The molecule has 1 N–H and O–H groups in total. The fourth-order valence-corrected chi connectivity index (χ4v) is 3.07. The van der Waals surface area contributed by atoms with E-state index in [2.05, 4.69) is 17.2 Å². The molecule has 17 heavy (non-hydrogen) atoms. The number of hydrogen-bond acceptors (Lipinski definition) is 3. The number of carbonyl (C=O) groups excluding carboxylic acids is 1. The van der Waals surface area contributed by atoms with E-state index in [1.807, 2.05) is 0 Å². The molecule has 0 fully saturated rings. The van der Waals surface area contributed by atoms with Crippen LogP contribution in [0.3, 0.4) is 0 Å². The van der Waals surface area contributed by atoms with Crippen LogP contribution in [0.2, 0.25) is 0 Å². The molecule has 1 aliphatic carbocycles. The molecule has 1 atom stereocenters. The molecule has 1 aromatic rings. The van der Waals surface area contributed by atoms with Gasteiger partial charge in [0.05, 0.1) is 5.69 Å². The lowest BCUT2D eigenvalue weighted by Gasteiger charge is -2.15. The van der Waals surface area contributed by atoms with Crippen LogP contribution >= 0.6 is 46.1 Å². The van der Waals surface area contributed by atoms with E-state index in [-0.39, 0.29) is 0 Å². The van der Waals surface area contributed by atoms with Crippen LogP contribution in [0.1, 0.15) is 23.9 Å². The number of aryl methyl sites for hydroxylation is 1. The quantitative estimate of drug-likeness (QED) is 0.805. The number of thiazole rings is 1. The fourth-order valence-electron chi connectivity index (χ4n) is 1.76. The summed E-state index contributed by atoms with van der Waals surface area (Å²) >= 11 is 17.9. The topological polar surface area (TPSA) is 42.0 Å². The molecule has 1 unspecified atom stereocenters. The number of amides is 1. The Hall–Kier alpha value is -0.0300. The van der Waals surface area contributed by atoms with Crippen molar-refractivity contribution in [1.82, 2.24) is 4.98 Å². The Morgan fingerprint density at radius 1 is 1.53 bits per heavy atom. The average Bonchev–Trinajstić information content (AvgIpc) is 2.57. The van der Waals surface area contributed by atoms with E-state index in [9.17, 15) is 4.79 Å². The van der Waals surface area contributed by atoms with Gasteiger partial charge in [-0.2, -0.15) is 0 Å². The Morgan fingerprint density at radius 3 is 2.88 bits per heavy atom. The van der Waals surface area contributed by atoms with Crippen molar-refractivity contribution >= 4 is 57.2 Å². The summed E-state index contributed by atoms with van der Waals surface area (Å²) in [5, 5.41) is 3.04. The van der Waals surface area contributed by atoms with E-state index in [4.69, 9.17) is 34.8 Å². The lowest BCUT2D eigenvalue weighted by atomic mass is 9.93. The molecule has 0 aromatic carbocycles. The number of halogens is 3. The lowest BCUT2D eigenvalue weighted by Crippen LogP contribution is -2.26. The Balaban J connectivity index is 2.11. The van der Waals surface area contributed by atoms with Crippen LogP contribution in [0.15, 0.2) is 0 Å². The number of nitrogens with zero attached hydrogens (tertiary/aromatic N) is 1. The molecule has 1 amide bonds. The van der Waals surface area contributed by atoms with Gasteiger partial charge in [-0.15, -0.1) is 11.3 Å². The summed E-state index contributed by atoms with van der Waals surface area (Å²) in [4.78, 5) is 17.0. The number of carbonyl (C=O) groups is 1. The van der Waals surface area contributed by atoms with Crippen LogP contribution in [0.4, 0.5) is 5.13 Å². The molecule has 3 nitrogen and oxygen atoms in total. The standard InChI is InChI=1S/C10H11Cl3N2OS/c1-5-2-3-6-7(4-5)17-9(14-6)15-8(16)10(11,12)13/h5H,2-4H2,1H3,(H,14,15,16). The molecule has 1 aromatic heterocycles. The first kappa shape index (κ1) is 13.4. The van der Waals surface area contributed by atoms with Gasteiger partial charge in [0.1, 0.15) is 0 Å². The zero-order chi connectivity index (χ0) is 12.6. The van der Waals surface area contributed by atoms with Gasteiger partial charge < -0.3 is 0 Å². The smallest absolute Gasteiger partial charge is 0.278 e. The van der Waals surface area contributed by atoms with E-state index in [0.717, 1.165) is 25.0 Å². The first-order chi connectivity index (χ1) is 7.86. The van der Waals surface area contributed by atoms with Gasteiger partial charge in [-0.05, 0) is 25.2 Å². The number of rotatable bonds is 1. The van der Waals surface area contributed by atoms with Crippen molar-refractivity contribution in [3.8, 4) is 0 Å². The van der Waals surface area contributed by atoms with Crippen LogP contribution in [0, 0.1) is 5.92 Å². The first-order valence-electron chi connectivity index (χ1n) is 5.23. The van der Waals surface area contributed by atoms with Crippen molar-refractivity contribution in [2.24, 2.45) is 5.92 Å². The number of anilines is 1. The SMILES string of the molecule is CC1CCc2nc(NC(=O)C(Cl)(Cl)Cl)sc2C1. The third kappa shape index (κ3) is 3.25. The van der Waals surface area contributed by atoms with E-state index in [1.54, 1.807) is 0 Å². The average molecular weight is 314 g/mol. The monoisotopic (exact) mass is 312 g/mol. The molecular weight excluding hydrogens is 303 g/mol. The maximum atomic E-state index is 11.5. The van der Waals surface area contributed by atoms with Gasteiger partial charge in [0, 0.05) is 4.88 Å². The van der Waals surface area contributed by atoms with Gasteiger partial charge in [0.25, 0.3) is 9.70 Å². The zero-order valence-electron chi connectivity index (χ0n) is 9.10. The van der Waals surface area contributed by atoms with Crippen molar-refractivity contribution in [2.45, 2.75) is 30.0 Å². The molecule has 1 aliphatic rings. The van der Waals surface area contributed by atoms with Gasteiger partial charge in [-0.25, -0.2) is 4.98 Å². The number of hydrogen-bond donors (Lipinski definition) is 1. The Labute approximate surface area is 118 Å². The van der Waals surface area contributed by atoms with Crippen LogP contribution < -0.4 is 5.32 Å². The third-order valence-corrected chi connectivity index (χ3v) is 4.21. The molecule has 2 rings (SSSR count). The molecule has 0 bridgehead atoms. The molecule has 0 spiro atoms. The normalized spacial score (nSPS) is 19.9. The minimum absolute atomic E-state index is 0.514. The summed E-state index contributed by atoms with van der Waals surface area (Å²) in [5.74, 6) is 0.00122. The number of alkyl halides is 3. The predicted molar refractivity (Wildman–Crippen MR) is 72.2 cm³/mol. The zero-order valence-corrected chi connectivity index (χ0v) is 12.2. The van der Waals surface area contributed by atoms with E-state index in [1.165, 1.54) is 16.2 Å². The second-order valence-electron chi connectivity index (χ2n) is 4.19. The number of fused-ring (bicyclic) bond motifs is 1. The van der Waals surface area contributed by atoms with Gasteiger partial charge in [-0.3, -0.25) is 10.1 Å². The highest BCUT2D eigenvalue weighted by Crippen LogP contribution is 2.33. The summed E-state index contributed by atoms with van der Waals surface area (Å²) in [6.07, 6.45) is 3.10. The van der Waals surface area contributed by atoms with Gasteiger partial charge in [-0.1, -0.05) is 41.7 Å². The minimum Gasteiger partial charge on any atom is -0.298 e. The number of nitrogens with one attached hydrogen (secondary N) is 1. The third-order valence-electron chi connectivity index (χ3n) is 2.66. The highest BCUT2D eigenvalue weighted by molar-refractivity contribution is 7.16. The highest BCUT2D eigenvalue weighted by atomic mass is 35.6. The summed E-state index contributed by atoms with van der Waals surface area (Å²) in [5.41, 5.74) is 1.06. The van der Waals surface area contributed by atoms with Crippen LogP contribution in [-0.2, 0) is 17.6 Å².